The highest BCUT2D eigenvalue weighted by Crippen LogP contribution is 2.31. The number of carbonyl (C=O) groups excluding carboxylic acids is 1. The fourth-order valence-electron chi connectivity index (χ4n) is 3.11. The maximum atomic E-state index is 13.3. The number of benzene rings is 2. The minimum Gasteiger partial charge on any atom is -0.497 e. The summed E-state index contributed by atoms with van der Waals surface area (Å²) in [6, 6.07) is 12.2. The van der Waals surface area contributed by atoms with Gasteiger partial charge in [-0.25, -0.2) is 17.8 Å². The maximum absolute atomic E-state index is 13.3. The summed E-state index contributed by atoms with van der Waals surface area (Å²) in [5.41, 5.74) is 1.25. The van der Waals surface area contributed by atoms with Crippen molar-refractivity contribution in [2.24, 2.45) is 0 Å². The predicted octanol–water partition coefficient (Wildman–Crippen LogP) is 2.74. The number of nitrogens with zero attached hydrogens (tertiary/aromatic N) is 2. The van der Waals surface area contributed by atoms with Gasteiger partial charge in [-0.15, -0.1) is 0 Å². The lowest BCUT2D eigenvalue weighted by Gasteiger charge is -2.10. The number of methoxy groups -OCH3 is 1. The molecule has 1 aliphatic rings. The molecule has 9 heteroatoms. The van der Waals surface area contributed by atoms with Gasteiger partial charge in [-0.1, -0.05) is 6.07 Å². The largest absolute Gasteiger partial charge is 0.497 e. The van der Waals surface area contributed by atoms with E-state index in [1.165, 1.54) is 35.9 Å². The zero-order valence-corrected chi connectivity index (χ0v) is 15.7. The first-order chi connectivity index (χ1) is 13.4. The molecule has 0 radical (unpaired) electrons. The van der Waals surface area contributed by atoms with Crippen molar-refractivity contribution in [1.29, 1.82) is 0 Å². The molecule has 2 heterocycles. The number of anilines is 1. The Hall–Kier alpha value is -3.20. The minimum absolute atomic E-state index is 0.113. The molecule has 0 atom stereocenters. The van der Waals surface area contributed by atoms with Gasteiger partial charge in [0.25, 0.3) is 5.91 Å². The normalized spacial score (nSPS) is 14.5. The first-order valence-electron chi connectivity index (χ1n) is 8.44. The van der Waals surface area contributed by atoms with Crippen LogP contribution >= 0.6 is 0 Å². The third-order valence-electron chi connectivity index (χ3n) is 4.45. The fraction of sp³-hybridized carbons (Fsp3) is 0.158. The zero-order chi connectivity index (χ0) is 19.9. The van der Waals surface area contributed by atoms with Crippen molar-refractivity contribution in [2.75, 3.05) is 18.2 Å². The number of sulfone groups is 1. The van der Waals surface area contributed by atoms with Crippen LogP contribution in [0.4, 0.5) is 10.1 Å². The summed E-state index contributed by atoms with van der Waals surface area (Å²) in [7, 11) is -2.05. The van der Waals surface area contributed by atoms with Gasteiger partial charge in [-0.3, -0.25) is 4.79 Å². The van der Waals surface area contributed by atoms with Crippen molar-refractivity contribution >= 4 is 21.4 Å². The van der Waals surface area contributed by atoms with Gasteiger partial charge in [0.1, 0.15) is 23.0 Å². The van der Waals surface area contributed by atoms with E-state index in [9.17, 15) is 17.6 Å². The van der Waals surface area contributed by atoms with E-state index in [4.69, 9.17) is 4.74 Å². The molecule has 0 unspecified atom stereocenters. The van der Waals surface area contributed by atoms with Crippen molar-refractivity contribution in [1.82, 2.24) is 9.55 Å². The van der Waals surface area contributed by atoms with Crippen molar-refractivity contribution in [3.05, 3.63) is 60.0 Å². The molecule has 144 valence electrons. The third-order valence-corrected chi connectivity index (χ3v) is 6.04. The Balaban J connectivity index is 1.80. The molecule has 2 aromatic carbocycles. The summed E-state index contributed by atoms with van der Waals surface area (Å²) in [5, 5.41) is 2.60. The van der Waals surface area contributed by atoms with Crippen LogP contribution in [0.3, 0.4) is 0 Å². The van der Waals surface area contributed by atoms with E-state index in [1.807, 2.05) is 0 Å². The molecule has 0 saturated heterocycles. The molecule has 1 aliphatic heterocycles. The quantitative estimate of drug-likeness (QED) is 0.726. The lowest BCUT2D eigenvalue weighted by molar-refractivity contribution is 0.101. The molecule has 0 spiro atoms. The van der Waals surface area contributed by atoms with Crippen molar-refractivity contribution in [3.8, 4) is 17.0 Å². The molecule has 4 rings (SSSR count). The van der Waals surface area contributed by atoms with E-state index in [1.54, 1.807) is 24.3 Å². The number of hydrogen-bond acceptors (Lipinski definition) is 5. The highest BCUT2D eigenvalue weighted by atomic mass is 32.2. The van der Waals surface area contributed by atoms with Gasteiger partial charge in [-0.2, -0.15) is 0 Å². The second-order valence-electron chi connectivity index (χ2n) is 6.26. The Labute approximate surface area is 160 Å². The highest BCUT2D eigenvalue weighted by Gasteiger charge is 2.35. The summed E-state index contributed by atoms with van der Waals surface area (Å²) in [6.07, 6.45) is 0. The minimum atomic E-state index is -3.56. The Morgan fingerprint density at radius 1 is 1.21 bits per heavy atom. The molecule has 1 amide bonds. The summed E-state index contributed by atoms with van der Waals surface area (Å²) < 4.78 is 44.4. The summed E-state index contributed by atoms with van der Waals surface area (Å²) >= 11 is 0. The van der Waals surface area contributed by atoms with Crippen LogP contribution in [0.2, 0.25) is 0 Å². The number of nitrogens with one attached hydrogen (secondary N) is 1. The molecule has 0 bridgehead atoms. The average molecular weight is 401 g/mol. The maximum Gasteiger partial charge on any atom is 0.274 e. The number of fused-ring (bicyclic) bond motifs is 1. The Morgan fingerprint density at radius 2 is 1.96 bits per heavy atom. The van der Waals surface area contributed by atoms with E-state index in [0.29, 0.717) is 17.0 Å². The van der Waals surface area contributed by atoms with Crippen molar-refractivity contribution < 1.29 is 22.3 Å². The number of rotatable bonds is 4. The summed E-state index contributed by atoms with van der Waals surface area (Å²) in [6.45, 7) is 0.132. The van der Waals surface area contributed by atoms with Gasteiger partial charge in [0.05, 0.1) is 12.9 Å². The van der Waals surface area contributed by atoms with E-state index < -0.39 is 21.6 Å². The monoisotopic (exact) mass is 401 g/mol. The molecule has 3 aromatic rings. The number of hydrogen-bond donors (Lipinski definition) is 1. The number of carbonyl (C=O) groups is 1. The van der Waals surface area contributed by atoms with Crippen LogP contribution in [0.1, 0.15) is 10.5 Å². The number of aromatic nitrogens is 2. The third kappa shape index (κ3) is 3.13. The standard InChI is InChI=1S/C19H16FN3O4S/c1-27-15-4-2-3-14(11-15)21-18(24)17-16(12-5-7-13(20)8-6-12)22-19-23(17)9-10-28(19,25)26/h2-8,11H,9-10H2,1H3,(H,21,24). The van der Waals surface area contributed by atoms with Crippen molar-refractivity contribution in [3.63, 3.8) is 0 Å². The van der Waals surface area contributed by atoms with Crippen LogP contribution in [-0.2, 0) is 16.4 Å². The molecular weight excluding hydrogens is 385 g/mol. The van der Waals surface area contributed by atoms with Crippen LogP contribution < -0.4 is 10.1 Å². The zero-order valence-electron chi connectivity index (χ0n) is 14.8. The first-order valence-corrected chi connectivity index (χ1v) is 10.1. The molecule has 1 aromatic heterocycles. The number of ether oxygens (including phenoxy) is 1. The van der Waals surface area contributed by atoms with Crippen LogP contribution in [-0.4, -0.2) is 36.7 Å². The molecular formula is C19H16FN3O4S. The van der Waals surface area contributed by atoms with Gasteiger partial charge in [0, 0.05) is 23.9 Å². The van der Waals surface area contributed by atoms with E-state index in [0.717, 1.165) is 0 Å². The molecule has 0 saturated carbocycles. The fourth-order valence-corrected chi connectivity index (χ4v) is 4.46. The lowest BCUT2D eigenvalue weighted by atomic mass is 10.1. The molecule has 0 aliphatic carbocycles. The predicted molar refractivity (Wildman–Crippen MR) is 101 cm³/mol. The van der Waals surface area contributed by atoms with Gasteiger partial charge in [0.2, 0.25) is 15.0 Å². The lowest BCUT2D eigenvalue weighted by Crippen LogP contribution is -2.17. The second-order valence-corrected chi connectivity index (χ2v) is 8.26. The van der Waals surface area contributed by atoms with Crippen molar-refractivity contribution in [2.45, 2.75) is 11.7 Å². The summed E-state index contributed by atoms with van der Waals surface area (Å²) in [4.78, 5) is 17.2. The molecule has 7 nitrogen and oxygen atoms in total. The van der Waals surface area contributed by atoms with E-state index >= 15 is 0 Å². The molecule has 1 N–H and O–H groups in total. The number of imidazole rings is 1. The Kier molecular flexibility index (Phi) is 4.38. The SMILES string of the molecule is COc1cccc(NC(=O)c2c(-c3ccc(F)cc3)nc3n2CCS3(=O)=O)c1. The number of halogens is 1. The van der Waals surface area contributed by atoms with Crippen LogP contribution in [0.5, 0.6) is 5.75 Å². The Morgan fingerprint density at radius 3 is 2.68 bits per heavy atom. The number of amides is 1. The first kappa shape index (κ1) is 18.2. The molecule has 0 fully saturated rings. The highest BCUT2D eigenvalue weighted by molar-refractivity contribution is 7.91. The van der Waals surface area contributed by atoms with Crippen LogP contribution in [0.15, 0.2) is 53.7 Å². The molecule has 28 heavy (non-hydrogen) atoms. The Bertz CT molecular complexity index is 1170. The van der Waals surface area contributed by atoms with Gasteiger partial charge >= 0.3 is 0 Å². The van der Waals surface area contributed by atoms with E-state index in [-0.39, 0.29) is 28.8 Å². The van der Waals surface area contributed by atoms with E-state index in [2.05, 4.69) is 10.3 Å². The van der Waals surface area contributed by atoms with Gasteiger partial charge < -0.3 is 14.6 Å². The van der Waals surface area contributed by atoms with Gasteiger partial charge in [-0.05, 0) is 36.4 Å². The smallest absolute Gasteiger partial charge is 0.274 e. The topological polar surface area (TPSA) is 90.3 Å². The second kappa shape index (κ2) is 6.75. The van der Waals surface area contributed by atoms with Gasteiger partial charge in [0.15, 0.2) is 0 Å². The average Bonchev–Trinajstić information content (AvgIpc) is 3.20. The van der Waals surface area contributed by atoms with Crippen LogP contribution in [0.25, 0.3) is 11.3 Å². The van der Waals surface area contributed by atoms with Crippen LogP contribution in [0, 0.1) is 5.82 Å². The summed E-state index contributed by atoms with van der Waals surface area (Å²) in [5.74, 6) is -0.495.